The van der Waals surface area contributed by atoms with E-state index in [0.717, 1.165) is 12.1 Å². The first kappa shape index (κ1) is 11.0. The summed E-state index contributed by atoms with van der Waals surface area (Å²) in [6, 6.07) is 0. The molecular weight excluding hydrogens is 150 g/mol. The summed E-state index contributed by atoms with van der Waals surface area (Å²) in [5.41, 5.74) is 0.881. The Bertz CT molecular complexity index is 173. The Labute approximate surface area is 74.6 Å². The number of hydrogen-bond acceptors (Lipinski definition) is 2. The van der Waals surface area contributed by atoms with E-state index in [1.54, 1.807) is 6.08 Å². The Hall–Kier alpha value is -1.05. The molecule has 12 heavy (non-hydrogen) atoms. The van der Waals surface area contributed by atoms with Gasteiger partial charge in [-0.3, -0.25) is 0 Å². The van der Waals surface area contributed by atoms with E-state index in [4.69, 9.17) is 4.84 Å². The van der Waals surface area contributed by atoms with Gasteiger partial charge in [0.1, 0.15) is 6.61 Å². The lowest BCUT2D eigenvalue weighted by Gasteiger charge is -2.03. The highest BCUT2D eigenvalue weighted by Gasteiger charge is 1.95. The molecule has 0 bridgehead atoms. The van der Waals surface area contributed by atoms with Gasteiger partial charge in [-0.2, -0.15) is 0 Å². The predicted octanol–water partition coefficient (Wildman–Crippen LogP) is 2.78. The summed E-state index contributed by atoms with van der Waals surface area (Å²) in [4.78, 5) is 5.08. The van der Waals surface area contributed by atoms with Gasteiger partial charge >= 0.3 is 0 Å². The van der Waals surface area contributed by atoms with Crippen LogP contribution in [0.4, 0.5) is 0 Å². The molecule has 0 N–H and O–H groups in total. The van der Waals surface area contributed by atoms with Crippen molar-refractivity contribution in [1.82, 2.24) is 0 Å². The van der Waals surface area contributed by atoms with E-state index < -0.39 is 0 Å². The highest BCUT2D eigenvalue weighted by molar-refractivity contribution is 5.93. The minimum Gasteiger partial charge on any atom is -0.395 e. The van der Waals surface area contributed by atoms with Gasteiger partial charge in [-0.1, -0.05) is 31.7 Å². The van der Waals surface area contributed by atoms with Crippen LogP contribution in [0.2, 0.25) is 0 Å². The number of oxime groups is 1. The molecular formula is C10H17NO. The molecule has 0 aromatic carbocycles. The van der Waals surface area contributed by atoms with Gasteiger partial charge in [0, 0.05) is 5.92 Å². The van der Waals surface area contributed by atoms with Crippen LogP contribution in [0.3, 0.4) is 0 Å². The second-order valence-electron chi connectivity index (χ2n) is 2.65. The van der Waals surface area contributed by atoms with Crippen molar-refractivity contribution in [1.29, 1.82) is 0 Å². The van der Waals surface area contributed by atoms with Crippen molar-refractivity contribution < 1.29 is 4.84 Å². The minimum absolute atomic E-state index is 0.344. The van der Waals surface area contributed by atoms with Crippen molar-refractivity contribution in [3.05, 3.63) is 25.3 Å². The molecule has 0 spiro atoms. The van der Waals surface area contributed by atoms with Crippen LogP contribution in [0.5, 0.6) is 0 Å². The van der Waals surface area contributed by atoms with Gasteiger partial charge in [0.2, 0.25) is 0 Å². The number of rotatable bonds is 6. The molecule has 0 aromatic heterocycles. The van der Waals surface area contributed by atoms with Gasteiger partial charge < -0.3 is 4.84 Å². The zero-order chi connectivity index (χ0) is 9.40. The lowest BCUT2D eigenvalue weighted by atomic mass is 10.2. The minimum atomic E-state index is 0.344. The van der Waals surface area contributed by atoms with Crippen molar-refractivity contribution in [3.63, 3.8) is 0 Å². The molecule has 0 amide bonds. The van der Waals surface area contributed by atoms with Crippen molar-refractivity contribution in [3.8, 4) is 0 Å². The van der Waals surface area contributed by atoms with Crippen molar-refractivity contribution >= 4 is 5.71 Å². The molecule has 0 aliphatic carbocycles. The molecule has 0 saturated carbocycles. The molecule has 2 nitrogen and oxygen atoms in total. The molecule has 0 aliphatic rings. The maximum atomic E-state index is 5.08. The Morgan fingerprint density at radius 3 is 2.67 bits per heavy atom. The second kappa shape index (κ2) is 6.65. The van der Waals surface area contributed by atoms with E-state index in [9.17, 15) is 0 Å². The molecule has 0 saturated heterocycles. The zero-order valence-electron chi connectivity index (χ0n) is 7.92. The average molecular weight is 167 g/mol. The van der Waals surface area contributed by atoms with Gasteiger partial charge in [0.15, 0.2) is 0 Å². The van der Waals surface area contributed by atoms with Gasteiger partial charge in [-0.25, -0.2) is 0 Å². The van der Waals surface area contributed by atoms with Gasteiger partial charge in [-0.05, 0) is 12.5 Å². The summed E-state index contributed by atoms with van der Waals surface area (Å²) < 4.78 is 0. The SMILES string of the molecule is C=C/C(CC)=N/OC[C@@H](C)C=C. The van der Waals surface area contributed by atoms with E-state index in [2.05, 4.69) is 18.3 Å². The van der Waals surface area contributed by atoms with Crippen molar-refractivity contribution in [2.45, 2.75) is 20.3 Å². The third kappa shape index (κ3) is 4.72. The Morgan fingerprint density at radius 2 is 2.25 bits per heavy atom. The predicted molar refractivity (Wildman–Crippen MR) is 53.2 cm³/mol. The largest absolute Gasteiger partial charge is 0.395 e. The first-order chi connectivity index (χ1) is 5.74. The number of nitrogens with zero attached hydrogens (tertiary/aromatic N) is 1. The van der Waals surface area contributed by atoms with E-state index in [1.807, 2.05) is 19.9 Å². The van der Waals surface area contributed by atoms with Crippen LogP contribution < -0.4 is 0 Å². The summed E-state index contributed by atoms with van der Waals surface area (Å²) in [5, 5.41) is 3.90. The normalized spacial score (nSPS) is 13.7. The standard InChI is InChI=1S/C10H17NO/c1-5-9(4)8-12-11-10(6-2)7-3/h5-6,9H,1-2,7-8H2,3-4H3/b11-10-/t9-/m0/s1. The van der Waals surface area contributed by atoms with Crippen LogP contribution in [0.25, 0.3) is 0 Å². The Balaban J connectivity index is 3.71. The first-order valence-corrected chi connectivity index (χ1v) is 4.18. The molecule has 0 rings (SSSR count). The van der Waals surface area contributed by atoms with E-state index in [0.29, 0.717) is 12.5 Å². The van der Waals surface area contributed by atoms with Crippen LogP contribution in [0.1, 0.15) is 20.3 Å². The molecule has 1 atom stereocenters. The van der Waals surface area contributed by atoms with Gasteiger partial charge in [0.25, 0.3) is 0 Å². The van der Waals surface area contributed by atoms with Crippen molar-refractivity contribution in [2.75, 3.05) is 6.61 Å². The van der Waals surface area contributed by atoms with Crippen LogP contribution in [0, 0.1) is 5.92 Å². The summed E-state index contributed by atoms with van der Waals surface area (Å²) in [6.07, 6.45) is 4.40. The molecule has 0 heterocycles. The maximum Gasteiger partial charge on any atom is 0.123 e. The van der Waals surface area contributed by atoms with Crippen LogP contribution in [0.15, 0.2) is 30.5 Å². The Morgan fingerprint density at radius 1 is 1.58 bits per heavy atom. The van der Waals surface area contributed by atoms with Crippen LogP contribution >= 0.6 is 0 Å². The third-order valence-corrected chi connectivity index (χ3v) is 1.52. The number of hydrogen-bond donors (Lipinski definition) is 0. The summed E-state index contributed by atoms with van der Waals surface area (Å²) in [6.45, 7) is 11.9. The van der Waals surface area contributed by atoms with E-state index >= 15 is 0 Å². The van der Waals surface area contributed by atoms with E-state index in [-0.39, 0.29) is 0 Å². The summed E-state index contributed by atoms with van der Waals surface area (Å²) in [7, 11) is 0. The fraction of sp³-hybridized carbons (Fsp3) is 0.500. The molecule has 0 unspecified atom stereocenters. The van der Waals surface area contributed by atoms with Crippen LogP contribution in [-0.4, -0.2) is 12.3 Å². The fourth-order valence-electron chi connectivity index (χ4n) is 0.552. The molecule has 0 aliphatic heterocycles. The lowest BCUT2D eigenvalue weighted by Crippen LogP contribution is -2.01. The number of allylic oxidation sites excluding steroid dienone is 1. The fourth-order valence-corrected chi connectivity index (χ4v) is 0.552. The zero-order valence-corrected chi connectivity index (χ0v) is 7.92. The molecule has 0 aromatic rings. The monoisotopic (exact) mass is 167 g/mol. The Kier molecular flexibility index (Phi) is 6.07. The maximum absolute atomic E-state index is 5.08. The van der Waals surface area contributed by atoms with Crippen LogP contribution in [-0.2, 0) is 4.84 Å². The van der Waals surface area contributed by atoms with Gasteiger partial charge in [0.05, 0.1) is 5.71 Å². The quantitative estimate of drug-likeness (QED) is 0.338. The second-order valence-corrected chi connectivity index (χ2v) is 2.65. The highest BCUT2D eigenvalue weighted by Crippen LogP contribution is 1.97. The van der Waals surface area contributed by atoms with Crippen molar-refractivity contribution in [2.24, 2.45) is 11.1 Å². The molecule has 68 valence electrons. The van der Waals surface area contributed by atoms with Gasteiger partial charge in [-0.15, -0.1) is 6.58 Å². The summed E-state index contributed by atoms with van der Waals surface area (Å²) >= 11 is 0. The molecule has 0 radical (unpaired) electrons. The average Bonchev–Trinajstić information content (AvgIpc) is 2.12. The molecule has 2 heteroatoms. The smallest absolute Gasteiger partial charge is 0.123 e. The topological polar surface area (TPSA) is 21.6 Å². The molecule has 0 fully saturated rings. The lowest BCUT2D eigenvalue weighted by molar-refractivity contribution is 0.126. The van der Waals surface area contributed by atoms with E-state index in [1.165, 1.54) is 0 Å². The first-order valence-electron chi connectivity index (χ1n) is 4.18. The highest BCUT2D eigenvalue weighted by atomic mass is 16.6. The third-order valence-electron chi connectivity index (χ3n) is 1.52. The summed E-state index contributed by atoms with van der Waals surface area (Å²) in [5.74, 6) is 0.344.